The van der Waals surface area contributed by atoms with Crippen molar-refractivity contribution >= 4 is 27.6 Å². The molecule has 3 heterocycles. The van der Waals surface area contributed by atoms with Crippen LogP contribution in [0.1, 0.15) is 0 Å². The summed E-state index contributed by atoms with van der Waals surface area (Å²) in [4.78, 5) is 4.54. The van der Waals surface area contributed by atoms with E-state index in [0.29, 0.717) is 5.82 Å². The van der Waals surface area contributed by atoms with E-state index in [-0.39, 0.29) is 0 Å². The summed E-state index contributed by atoms with van der Waals surface area (Å²) in [5, 5.41) is 16.6. The van der Waals surface area contributed by atoms with Crippen LogP contribution in [0, 0.1) is 0 Å². The first kappa shape index (κ1) is 13.7. The molecule has 0 radical (unpaired) electrons. The highest BCUT2D eigenvalue weighted by molar-refractivity contribution is 6.08. The lowest BCUT2D eigenvalue weighted by Crippen LogP contribution is -2.14. The molecule has 0 amide bonds. The summed E-state index contributed by atoms with van der Waals surface area (Å²) in [5.41, 5.74) is 9.83. The van der Waals surface area contributed by atoms with Crippen LogP contribution in [0.25, 0.3) is 33.1 Å². The number of fused-ring (bicyclic) bond motifs is 3. The van der Waals surface area contributed by atoms with E-state index in [1.165, 1.54) is 0 Å². The molecule has 3 aromatic heterocycles. The lowest BCUT2D eigenvalue weighted by Gasteiger charge is -2.03. The number of nitrogens with zero attached hydrogens (tertiary/aromatic N) is 4. The van der Waals surface area contributed by atoms with Crippen LogP contribution in [0.3, 0.4) is 0 Å². The Morgan fingerprint density at radius 1 is 1.26 bits per heavy atom. The smallest absolute Gasteiger partial charge is 0.135 e. The standard InChI is InChI=1S/C16H17N7/c1-18-6-7-23-9-12-15(22-23)11-3-2-10(13-4-5-19-21-13)8-14(11)20-16(12)17/h2-5,8-9,18H,6-7H2,1H3,(H2,17,20)(H,19,21). The highest BCUT2D eigenvalue weighted by atomic mass is 15.3. The molecule has 0 unspecified atom stereocenters. The van der Waals surface area contributed by atoms with Crippen LogP contribution in [0.5, 0.6) is 0 Å². The molecule has 116 valence electrons. The van der Waals surface area contributed by atoms with Gasteiger partial charge in [0.2, 0.25) is 0 Å². The number of benzene rings is 1. The maximum atomic E-state index is 6.13. The van der Waals surface area contributed by atoms with Gasteiger partial charge in [0.05, 0.1) is 23.1 Å². The van der Waals surface area contributed by atoms with Crippen LogP contribution in [0.4, 0.5) is 5.82 Å². The van der Waals surface area contributed by atoms with Gasteiger partial charge in [0.1, 0.15) is 11.3 Å². The van der Waals surface area contributed by atoms with Crippen LogP contribution in [0.15, 0.2) is 36.7 Å². The Balaban J connectivity index is 1.89. The molecule has 0 atom stereocenters. The van der Waals surface area contributed by atoms with E-state index in [4.69, 9.17) is 5.73 Å². The molecule has 7 heteroatoms. The molecular formula is C16H17N7. The molecule has 4 N–H and O–H groups in total. The highest BCUT2D eigenvalue weighted by Gasteiger charge is 2.12. The first-order valence-corrected chi connectivity index (χ1v) is 7.47. The summed E-state index contributed by atoms with van der Waals surface area (Å²) in [5.74, 6) is 0.505. The minimum absolute atomic E-state index is 0.505. The molecule has 0 spiro atoms. The van der Waals surface area contributed by atoms with Gasteiger partial charge in [-0.1, -0.05) is 6.07 Å². The number of pyridine rings is 1. The fourth-order valence-corrected chi connectivity index (χ4v) is 2.75. The predicted molar refractivity (Wildman–Crippen MR) is 91.0 cm³/mol. The zero-order valence-electron chi connectivity index (χ0n) is 12.7. The van der Waals surface area contributed by atoms with Crippen molar-refractivity contribution in [2.24, 2.45) is 0 Å². The van der Waals surface area contributed by atoms with Gasteiger partial charge in [-0.3, -0.25) is 9.78 Å². The molecular weight excluding hydrogens is 290 g/mol. The van der Waals surface area contributed by atoms with Crippen molar-refractivity contribution in [3.8, 4) is 11.3 Å². The summed E-state index contributed by atoms with van der Waals surface area (Å²) in [6.45, 7) is 1.64. The molecule has 23 heavy (non-hydrogen) atoms. The number of aromatic amines is 1. The molecule has 0 saturated heterocycles. The highest BCUT2D eigenvalue weighted by Crippen LogP contribution is 2.29. The lowest BCUT2D eigenvalue weighted by atomic mass is 10.1. The van der Waals surface area contributed by atoms with Gasteiger partial charge in [-0.05, 0) is 25.2 Å². The van der Waals surface area contributed by atoms with Gasteiger partial charge in [0, 0.05) is 29.9 Å². The molecule has 7 nitrogen and oxygen atoms in total. The van der Waals surface area contributed by atoms with Crippen LogP contribution in [-0.2, 0) is 6.54 Å². The Kier molecular flexibility index (Phi) is 3.20. The third kappa shape index (κ3) is 2.31. The number of H-pyrrole nitrogens is 1. The summed E-state index contributed by atoms with van der Waals surface area (Å²) in [6.07, 6.45) is 3.69. The average molecular weight is 307 g/mol. The van der Waals surface area contributed by atoms with Crippen molar-refractivity contribution in [3.05, 3.63) is 36.7 Å². The van der Waals surface area contributed by atoms with Crippen molar-refractivity contribution in [2.75, 3.05) is 19.3 Å². The number of nitrogens with two attached hydrogens (primary N) is 1. The second kappa shape index (κ2) is 5.36. The zero-order valence-corrected chi connectivity index (χ0v) is 12.7. The minimum Gasteiger partial charge on any atom is -0.383 e. The van der Waals surface area contributed by atoms with Crippen molar-refractivity contribution in [3.63, 3.8) is 0 Å². The molecule has 0 aliphatic heterocycles. The van der Waals surface area contributed by atoms with E-state index in [1.54, 1.807) is 6.20 Å². The summed E-state index contributed by atoms with van der Waals surface area (Å²) in [6, 6.07) is 8.01. The molecule has 0 saturated carbocycles. The number of likely N-dealkylation sites (N-methyl/N-ethyl adjacent to an activating group) is 1. The summed E-state index contributed by atoms with van der Waals surface area (Å²) in [7, 11) is 1.92. The van der Waals surface area contributed by atoms with Crippen LogP contribution >= 0.6 is 0 Å². The van der Waals surface area contributed by atoms with Crippen molar-refractivity contribution in [2.45, 2.75) is 6.54 Å². The van der Waals surface area contributed by atoms with Crippen LogP contribution < -0.4 is 11.1 Å². The second-order valence-electron chi connectivity index (χ2n) is 5.46. The minimum atomic E-state index is 0.505. The second-order valence-corrected chi connectivity index (χ2v) is 5.46. The van der Waals surface area contributed by atoms with Gasteiger partial charge in [-0.15, -0.1) is 0 Å². The third-order valence-corrected chi connectivity index (χ3v) is 3.93. The van der Waals surface area contributed by atoms with Crippen molar-refractivity contribution < 1.29 is 0 Å². The largest absolute Gasteiger partial charge is 0.383 e. The van der Waals surface area contributed by atoms with Crippen molar-refractivity contribution in [1.29, 1.82) is 0 Å². The maximum absolute atomic E-state index is 6.13. The van der Waals surface area contributed by atoms with Crippen LogP contribution in [0.2, 0.25) is 0 Å². The van der Waals surface area contributed by atoms with E-state index in [1.807, 2.05) is 42.2 Å². The predicted octanol–water partition coefficient (Wildman–Crippen LogP) is 1.78. The number of anilines is 1. The Hall–Kier alpha value is -2.93. The van der Waals surface area contributed by atoms with Gasteiger partial charge in [-0.2, -0.15) is 10.2 Å². The van der Waals surface area contributed by atoms with E-state index in [0.717, 1.165) is 46.2 Å². The van der Waals surface area contributed by atoms with E-state index >= 15 is 0 Å². The van der Waals surface area contributed by atoms with Gasteiger partial charge >= 0.3 is 0 Å². The summed E-state index contributed by atoms with van der Waals surface area (Å²) >= 11 is 0. The number of hydrogen-bond acceptors (Lipinski definition) is 5. The van der Waals surface area contributed by atoms with Crippen molar-refractivity contribution in [1.82, 2.24) is 30.3 Å². The molecule has 0 aliphatic rings. The van der Waals surface area contributed by atoms with Gasteiger partial charge in [-0.25, -0.2) is 4.98 Å². The molecule has 0 aliphatic carbocycles. The van der Waals surface area contributed by atoms with Gasteiger partial charge < -0.3 is 11.1 Å². The number of hydrogen-bond donors (Lipinski definition) is 3. The molecule has 1 aromatic carbocycles. The number of rotatable bonds is 4. The maximum Gasteiger partial charge on any atom is 0.135 e. The molecule has 4 aromatic rings. The van der Waals surface area contributed by atoms with E-state index < -0.39 is 0 Å². The van der Waals surface area contributed by atoms with Gasteiger partial charge in [0.25, 0.3) is 0 Å². The van der Waals surface area contributed by atoms with E-state index in [9.17, 15) is 0 Å². The quantitative estimate of drug-likeness (QED) is 0.534. The SMILES string of the molecule is CNCCn1cc2c(N)nc3cc(-c4ccn[nH]4)ccc3c2n1. The van der Waals surface area contributed by atoms with E-state index in [2.05, 4.69) is 25.6 Å². The number of nitrogen functional groups attached to an aromatic ring is 1. The Morgan fingerprint density at radius 3 is 2.96 bits per heavy atom. The molecule has 0 fully saturated rings. The Morgan fingerprint density at radius 2 is 2.17 bits per heavy atom. The normalized spacial score (nSPS) is 11.5. The molecule has 4 rings (SSSR count). The first-order chi connectivity index (χ1) is 11.3. The molecule has 0 bridgehead atoms. The fourth-order valence-electron chi connectivity index (χ4n) is 2.75. The average Bonchev–Trinajstić information content (AvgIpc) is 3.22. The summed E-state index contributed by atoms with van der Waals surface area (Å²) < 4.78 is 1.90. The van der Waals surface area contributed by atoms with Gasteiger partial charge in [0.15, 0.2) is 0 Å². The lowest BCUT2D eigenvalue weighted by molar-refractivity contribution is 0.590. The topological polar surface area (TPSA) is 97.4 Å². The third-order valence-electron chi connectivity index (χ3n) is 3.93. The number of nitrogens with one attached hydrogen (secondary N) is 2. The zero-order chi connectivity index (χ0) is 15.8. The first-order valence-electron chi connectivity index (χ1n) is 7.47. The van der Waals surface area contributed by atoms with Crippen LogP contribution in [-0.4, -0.2) is 38.6 Å². The Bertz CT molecular complexity index is 969. The monoisotopic (exact) mass is 307 g/mol. The number of aromatic nitrogens is 5. The fraction of sp³-hybridized carbons (Fsp3) is 0.188. The Labute approximate surface area is 132 Å².